The molecule has 3 rings (SSSR count). The maximum Gasteiger partial charge on any atom is 0.161 e. The molecule has 0 unspecified atom stereocenters. The Labute approximate surface area is 136 Å². The Morgan fingerprint density at radius 2 is 1.68 bits per heavy atom. The average molecular weight is 322 g/mol. The number of halogens is 1. The number of ether oxygens (including phenoxy) is 3. The Hall–Kier alpha value is -1.91. The quantitative estimate of drug-likeness (QED) is 0.942. The molecule has 22 heavy (non-hydrogen) atoms. The molecular formula is C17H20ClNO3. The first kappa shape index (κ1) is 16.5. The third-order valence-electron chi connectivity index (χ3n) is 3.63. The van der Waals surface area contributed by atoms with E-state index in [0.29, 0.717) is 6.61 Å². The maximum atomic E-state index is 5.71. The highest BCUT2D eigenvalue weighted by Crippen LogP contribution is 2.34. The molecule has 0 fully saturated rings. The monoisotopic (exact) mass is 321 g/mol. The van der Waals surface area contributed by atoms with E-state index in [1.54, 1.807) is 14.2 Å². The summed E-state index contributed by atoms with van der Waals surface area (Å²) in [5, 5.41) is 3.35. The van der Waals surface area contributed by atoms with Crippen LogP contribution in [0.15, 0.2) is 36.4 Å². The van der Waals surface area contributed by atoms with E-state index in [1.807, 2.05) is 24.3 Å². The highest BCUT2D eigenvalue weighted by molar-refractivity contribution is 5.85. The Kier molecular flexibility index (Phi) is 5.52. The van der Waals surface area contributed by atoms with Gasteiger partial charge in [0.1, 0.15) is 12.4 Å². The van der Waals surface area contributed by atoms with Gasteiger partial charge in [0.2, 0.25) is 0 Å². The third kappa shape index (κ3) is 3.29. The van der Waals surface area contributed by atoms with Crippen LogP contribution in [0.3, 0.4) is 0 Å². The molecule has 0 saturated carbocycles. The second-order valence-corrected chi connectivity index (χ2v) is 4.92. The number of hydrogen-bond acceptors (Lipinski definition) is 4. The molecule has 0 spiro atoms. The normalized spacial score (nSPS) is 13.2. The lowest BCUT2D eigenvalue weighted by Crippen LogP contribution is -2.16. The summed E-state index contributed by atoms with van der Waals surface area (Å²) in [6, 6.07) is 12.2. The van der Waals surface area contributed by atoms with Crippen LogP contribution in [0.1, 0.15) is 5.56 Å². The van der Waals surface area contributed by atoms with Crippen molar-refractivity contribution in [2.45, 2.75) is 6.54 Å². The molecular weight excluding hydrogens is 302 g/mol. The summed E-state index contributed by atoms with van der Waals surface area (Å²) in [5.74, 6) is 2.43. The molecule has 1 N–H and O–H groups in total. The minimum absolute atomic E-state index is 0. The van der Waals surface area contributed by atoms with Crippen LogP contribution in [-0.2, 0) is 6.54 Å². The van der Waals surface area contributed by atoms with Gasteiger partial charge in [-0.1, -0.05) is 12.1 Å². The van der Waals surface area contributed by atoms with Crippen LogP contribution in [0.25, 0.3) is 11.1 Å². The molecule has 0 aromatic heterocycles. The number of hydrogen-bond donors (Lipinski definition) is 1. The van der Waals surface area contributed by atoms with Crippen molar-refractivity contribution in [1.29, 1.82) is 0 Å². The fourth-order valence-electron chi connectivity index (χ4n) is 2.51. The van der Waals surface area contributed by atoms with Gasteiger partial charge in [-0.15, -0.1) is 12.4 Å². The van der Waals surface area contributed by atoms with Crippen LogP contribution >= 0.6 is 12.4 Å². The lowest BCUT2D eigenvalue weighted by molar-refractivity contribution is 0.326. The van der Waals surface area contributed by atoms with Crippen LogP contribution in [-0.4, -0.2) is 27.4 Å². The van der Waals surface area contributed by atoms with E-state index >= 15 is 0 Å². The fourth-order valence-corrected chi connectivity index (χ4v) is 2.51. The van der Waals surface area contributed by atoms with Crippen LogP contribution in [0, 0.1) is 0 Å². The van der Waals surface area contributed by atoms with Gasteiger partial charge >= 0.3 is 0 Å². The minimum atomic E-state index is 0. The van der Waals surface area contributed by atoms with Crippen LogP contribution in [0.4, 0.5) is 0 Å². The van der Waals surface area contributed by atoms with Crippen molar-refractivity contribution in [3.63, 3.8) is 0 Å². The molecule has 0 amide bonds. The van der Waals surface area contributed by atoms with Crippen molar-refractivity contribution in [3.8, 4) is 28.4 Å². The van der Waals surface area contributed by atoms with Gasteiger partial charge in [-0.3, -0.25) is 0 Å². The largest absolute Gasteiger partial charge is 0.493 e. The number of methoxy groups -OCH3 is 2. The molecule has 0 radical (unpaired) electrons. The van der Waals surface area contributed by atoms with Crippen LogP contribution in [0.2, 0.25) is 0 Å². The molecule has 118 valence electrons. The van der Waals surface area contributed by atoms with Gasteiger partial charge in [-0.05, 0) is 35.4 Å². The van der Waals surface area contributed by atoms with Crippen molar-refractivity contribution in [1.82, 2.24) is 5.32 Å². The van der Waals surface area contributed by atoms with E-state index < -0.39 is 0 Å². The highest BCUT2D eigenvalue weighted by atomic mass is 35.5. The second-order valence-electron chi connectivity index (χ2n) is 4.92. The average Bonchev–Trinajstić information content (AvgIpc) is 2.78. The Morgan fingerprint density at radius 1 is 0.955 bits per heavy atom. The van der Waals surface area contributed by atoms with Crippen molar-refractivity contribution in [3.05, 3.63) is 42.0 Å². The van der Waals surface area contributed by atoms with Gasteiger partial charge in [0.15, 0.2) is 11.5 Å². The van der Waals surface area contributed by atoms with Crippen molar-refractivity contribution in [2.75, 3.05) is 27.4 Å². The lowest BCUT2D eigenvalue weighted by Gasteiger charge is -2.12. The van der Waals surface area contributed by atoms with Crippen LogP contribution < -0.4 is 19.5 Å². The zero-order valence-corrected chi connectivity index (χ0v) is 13.5. The molecule has 0 bridgehead atoms. The summed E-state index contributed by atoms with van der Waals surface area (Å²) in [6.07, 6.45) is 0. The van der Waals surface area contributed by atoms with E-state index in [4.69, 9.17) is 14.2 Å². The van der Waals surface area contributed by atoms with E-state index in [-0.39, 0.29) is 12.4 Å². The van der Waals surface area contributed by atoms with Crippen molar-refractivity contribution in [2.24, 2.45) is 0 Å². The van der Waals surface area contributed by atoms with Gasteiger partial charge in [-0.25, -0.2) is 0 Å². The number of benzene rings is 2. The Morgan fingerprint density at radius 3 is 2.45 bits per heavy atom. The summed E-state index contributed by atoms with van der Waals surface area (Å²) in [4.78, 5) is 0. The summed E-state index contributed by atoms with van der Waals surface area (Å²) >= 11 is 0. The molecule has 2 aromatic rings. The summed E-state index contributed by atoms with van der Waals surface area (Å²) in [5.41, 5.74) is 3.42. The standard InChI is InChI=1S/C17H19NO3.ClH/c1-19-16-6-4-13(10-17(16)20-2)12-3-5-15-14(9-12)11-18-7-8-21-15;/h3-6,9-10,18H,7-8,11H2,1-2H3;1H. The highest BCUT2D eigenvalue weighted by Gasteiger charge is 2.11. The molecule has 1 aliphatic heterocycles. The summed E-state index contributed by atoms with van der Waals surface area (Å²) < 4.78 is 16.4. The van der Waals surface area contributed by atoms with Crippen molar-refractivity contribution >= 4 is 12.4 Å². The second kappa shape index (κ2) is 7.38. The molecule has 1 heterocycles. The fraction of sp³-hybridized carbons (Fsp3) is 0.294. The van der Waals surface area contributed by atoms with E-state index in [1.165, 1.54) is 5.56 Å². The van der Waals surface area contributed by atoms with Gasteiger partial charge in [0.05, 0.1) is 14.2 Å². The molecule has 4 nitrogen and oxygen atoms in total. The maximum absolute atomic E-state index is 5.71. The first-order valence-electron chi connectivity index (χ1n) is 7.00. The topological polar surface area (TPSA) is 39.7 Å². The van der Waals surface area contributed by atoms with Gasteiger partial charge in [-0.2, -0.15) is 0 Å². The Bertz CT molecular complexity index is 646. The molecule has 2 aromatic carbocycles. The molecule has 0 saturated heterocycles. The Balaban J connectivity index is 0.00000176. The van der Waals surface area contributed by atoms with E-state index in [2.05, 4.69) is 17.4 Å². The number of fused-ring (bicyclic) bond motifs is 1. The van der Waals surface area contributed by atoms with E-state index in [9.17, 15) is 0 Å². The predicted octanol–water partition coefficient (Wildman–Crippen LogP) is 3.27. The predicted molar refractivity (Wildman–Crippen MR) is 89.4 cm³/mol. The first-order chi connectivity index (χ1) is 10.3. The SMILES string of the molecule is COc1ccc(-c2ccc3c(c2)CNCCO3)cc1OC.Cl. The lowest BCUT2D eigenvalue weighted by atomic mass is 10.0. The smallest absolute Gasteiger partial charge is 0.161 e. The number of nitrogens with one attached hydrogen (secondary N) is 1. The zero-order chi connectivity index (χ0) is 14.7. The van der Waals surface area contributed by atoms with Gasteiger partial charge in [0.25, 0.3) is 0 Å². The molecule has 5 heteroatoms. The number of rotatable bonds is 3. The van der Waals surface area contributed by atoms with Gasteiger partial charge in [0, 0.05) is 18.7 Å². The molecule has 0 aliphatic carbocycles. The van der Waals surface area contributed by atoms with Gasteiger partial charge < -0.3 is 19.5 Å². The summed E-state index contributed by atoms with van der Waals surface area (Å²) in [6.45, 7) is 2.42. The van der Waals surface area contributed by atoms with Crippen LogP contribution in [0.5, 0.6) is 17.2 Å². The van der Waals surface area contributed by atoms with Crippen molar-refractivity contribution < 1.29 is 14.2 Å². The van der Waals surface area contributed by atoms with E-state index in [0.717, 1.165) is 41.5 Å². The minimum Gasteiger partial charge on any atom is -0.493 e. The molecule has 1 aliphatic rings. The molecule has 0 atom stereocenters. The zero-order valence-electron chi connectivity index (χ0n) is 12.7. The third-order valence-corrected chi connectivity index (χ3v) is 3.63. The summed E-state index contributed by atoms with van der Waals surface area (Å²) in [7, 11) is 3.29. The first-order valence-corrected chi connectivity index (χ1v) is 7.00.